The lowest BCUT2D eigenvalue weighted by Crippen LogP contribution is -2.32. The topological polar surface area (TPSA) is 104 Å². The van der Waals surface area contributed by atoms with Crippen LogP contribution < -0.4 is 15.4 Å². The first kappa shape index (κ1) is 24.3. The molecule has 9 heteroatoms. The lowest BCUT2D eigenvalue weighted by molar-refractivity contribution is 0.0940. The van der Waals surface area contributed by atoms with Crippen LogP contribution in [0.2, 0.25) is 5.02 Å². The molecule has 0 saturated carbocycles. The largest absolute Gasteiger partial charge is 0.350 e. The van der Waals surface area contributed by atoms with Crippen LogP contribution in [-0.4, -0.2) is 26.3 Å². The van der Waals surface area contributed by atoms with Crippen LogP contribution in [0.1, 0.15) is 41.0 Å². The van der Waals surface area contributed by atoms with Crippen molar-refractivity contribution in [1.29, 1.82) is 0 Å². The summed E-state index contributed by atoms with van der Waals surface area (Å²) in [6.45, 7) is 3.85. The molecule has 0 heterocycles. The van der Waals surface area contributed by atoms with Crippen molar-refractivity contribution in [3.05, 3.63) is 88.9 Å². The molecule has 0 aliphatic heterocycles. The van der Waals surface area contributed by atoms with E-state index < -0.39 is 15.9 Å². The average Bonchev–Trinajstić information content (AvgIpc) is 2.80. The van der Waals surface area contributed by atoms with Crippen molar-refractivity contribution < 1.29 is 18.0 Å². The van der Waals surface area contributed by atoms with Gasteiger partial charge in [0.1, 0.15) is 0 Å². The molecule has 0 spiro atoms. The molecule has 3 aromatic rings. The lowest BCUT2D eigenvalue weighted by atomic mass is 10.1. The molecule has 0 unspecified atom stereocenters. The van der Waals surface area contributed by atoms with Gasteiger partial charge in [-0.05, 0) is 55.8 Å². The zero-order valence-corrected chi connectivity index (χ0v) is 19.7. The fourth-order valence-corrected chi connectivity index (χ4v) is 4.23. The number of hydrogen-bond donors (Lipinski definition) is 3. The van der Waals surface area contributed by atoms with E-state index in [1.165, 1.54) is 30.3 Å². The van der Waals surface area contributed by atoms with Gasteiger partial charge < -0.3 is 10.6 Å². The third-order valence-corrected chi connectivity index (χ3v) is 6.65. The molecule has 3 aromatic carbocycles. The van der Waals surface area contributed by atoms with Crippen molar-refractivity contribution in [2.24, 2.45) is 0 Å². The Labute approximate surface area is 198 Å². The van der Waals surface area contributed by atoms with Crippen molar-refractivity contribution in [3.63, 3.8) is 0 Å². The third-order valence-electron chi connectivity index (χ3n) is 4.93. The molecule has 0 saturated heterocycles. The minimum absolute atomic E-state index is 0.0231. The third kappa shape index (κ3) is 6.12. The number of rotatable bonds is 8. The van der Waals surface area contributed by atoms with Gasteiger partial charge in [0.2, 0.25) is 0 Å². The summed E-state index contributed by atoms with van der Waals surface area (Å²) in [6.07, 6.45) is 0.765. The summed E-state index contributed by atoms with van der Waals surface area (Å²) in [6, 6.07) is 18.7. The summed E-state index contributed by atoms with van der Waals surface area (Å²) >= 11 is 6.22. The number of sulfonamides is 1. The predicted octanol–water partition coefficient (Wildman–Crippen LogP) is 4.92. The van der Waals surface area contributed by atoms with E-state index in [0.29, 0.717) is 11.3 Å². The first-order valence-electron chi connectivity index (χ1n) is 10.3. The zero-order chi connectivity index (χ0) is 24.0. The second kappa shape index (κ2) is 10.5. The van der Waals surface area contributed by atoms with E-state index in [4.69, 9.17) is 11.6 Å². The molecule has 3 rings (SSSR count). The lowest BCUT2D eigenvalue weighted by Gasteiger charge is -2.15. The maximum atomic E-state index is 13.0. The molecule has 0 fully saturated rings. The van der Waals surface area contributed by atoms with Gasteiger partial charge in [-0.15, -0.1) is 0 Å². The Balaban J connectivity index is 1.84. The SMILES string of the molecule is CC[C@H](C)NC(=O)c1ccccc1NC(=O)c1cc(NS(=O)(=O)c2ccccc2)ccc1Cl. The number of benzene rings is 3. The molecular weight excluding hydrogens is 462 g/mol. The summed E-state index contributed by atoms with van der Waals surface area (Å²) in [5, 5.41) is 5.70. The second-order valence-corrected chi connectivity index (χ2v) is 9.49. The Hall–Kier alpha value is -3.36. The van der Waals surface area contributed by atoms with Gasteiger partial charge in [-0.2, -0.15) is 0 Å². The van der Waals surface area contributed by atoms with Crippen molar-refractivity contribution in [2.45, 2.75) is 31.2 Å². The first-order chi connectivity index (χ1) is 15.7. The Bertz CT molecular complexity index is 1260. The van der Waals surface area contributed by atoms with E-state index in [9.17, 15) is 18.0 Å². The fourth-order valence-electron chi connectivity index (χ4n) is 2.96. The molecule has 2 amide bonds. The molecule has 0 aliphatic rings. The summed E-state index contributed by atoms with van der Waals surface area (Å²) in [4.78, 5) is 25.7. The molecule has 0 bridgehead atoms. The van der Waals surface area contributed by atoms with E-state index in [2.05, 4.69) is 15.4 Å². The minimum Gasteiger partial charge on any atom is -0.350 e. The molecule has 1 atom stereocenters. The number of nitrogens with one attached hydrogen (secondary N) is 3. The molecule has 0 aliphatic carbocycles. The van der Waals surface area contributed by atoms with Crippen LogP contribution >= 0.6 is 11.6 Å². The molecule has 0 radical (unpaired) electrons. The number of amides is 2. The quantitative estimate of drug-likeness (QED) is 0.421. The number of halogens is 1. The molecule has 7 nitrogen and oxygen atoms in total. The maximum Gasteiger partial charge on any atom is 0.261 e. The summed E-state index contributed by atoms with van der Waals surface area (Å²) in [5.74, 6) is -0.889. The first-order valence-corrected chi connectivity index (χ1v) is 12.2. The van der Waals surface area contributed by atoms with Crippen molar-refractivity contribution in [2.75, 3.05) is 10.0 Å². The van der Waals surface area contributed by atoms with E-state index >= 15 is 0 Å². The minimum atomic E-state index is -3.84. The second-order valence-electron chi connectivity index (χ2n) is 7.40. The molecular formula is C24H24ClN3O4S. The Morgan fingerprint density at radius 1 is 0.909 bits per heavy atom. The van der Waals surface area contributed by atoms with Crippen molar-refractivity contribution in [1.82, 2.24) is 5.32 Å². The van der Waals surface area contributed by atoms with Crippen LogP contribution in [-0.2, 0) is 10.0 Å². The number of carbonyl (C=O) groups is 2. The van der Waals surface area contributed by atoms with Crippen LogP contribution in [0, 0.1) is 0 Å². The normalized spacial score (nSPS) is 12.0. The molecule has 172 valence electrons. The summed E-state index contributed by atoms with van der Waals surface area (Å²) in [5.41, 5.74) is 0.858. The number of hydrogen-bond acceptors (Lipinski definition) is 4. The average molecular weight is 486 g/mol. The van der Waals surface area contributed by atoms with Gasteiger partial charge in [-0.25, -0.2) is 8.42 Å². The monoisotopic (exact) mass is 485 g/mol. The smallest absolute Gasteiger partial charge is 0.261 e. The van der Waals surface area contributed by atoms with E-state index in [1.54, 1.807) is 42.5 Å². The van der Waals surface area contributed by atoms with Gasteiger partial charge in [0, 0.05) is 11.7 Å². The Morgan fingerprint density at radius 3 is 2.27 bits per heavy atom. The highest BCUT2D eigenvalue weighted by Crippen LogP contribution is 2.25. The van der Waals surface area contributed by atoms with Crippen molar-refractivity contribution >= 4 is 44.8 Å². The number of para-hydroxylation sites is 1. The van der Waals surface area contributed by atoms with Gasteiger partial charge in [0.15, 0.2) is 0 Å². The van der Waals surface area contributed by atoms with E-state index in [-0.39, 0.29) is 33.1 Å². The summed E-state index contributed by atoms with van der Waals surface area (Å²) in [7, 11) is -3.84. The molecule has 3 N–H and O–H groups in total. The van der Waals surface area contributed by atoms with Crippen LogP contribution in [0.4, 0.5) is 11.4 Å². The van der Waals surface area contributed by atoms with Gasteiger partial charge >= 0.3 is 0 Å². The Morgan fingerprint density at radius 2 is 1.58 bits per heavy atom. The van der Waals surface area contributed by atoms with Gasteiger partial charge in [-0.3, -0.25) is 14.3 Å². The Kier molecular flexibility index (Phi) is 7.73. The number of anilines is 2. The van der Waals surface area contributed by atoms with Gasteiger partial charge in [0.05, 0.1) is 26.7 Å². The standard InChI is InChI=1S/C24H24ClN3O4S/c1-3-16(2)26-23(29)19-11-7-8-12-22(19)27-24(30)20-15-17(13-14-21(20)25)28-33(31,32)18-9-5-4-6-10-18/h4-16,28H,3H2,1-2H3,(H,26,29)(H,27,30)/t16-/m0/s1. The van der Waals surface area contributed by atoms with Crippen LogP contribution in [0.15, 0.2) is 77.7 Å². The van der Waals surface area contributed by atoms with E-state index in [1.807, 2.05) is 13.8 Å². The highest BCUT2D eigenvalue weighted by atomic mass is 35.5. The van der Waals surface area contributed by atoms with E-state index in [0.717, 1.165) is 6.42 Å². The molecule has 33 heavy (non-hydrogen) atoms. The zero-order valence-electron chi connectivity index (χ0n) is 18.1. The van der Waals surface area contributed by atoms with Crippen LogP contribution in [0.25, 0.3) is 0 Å². The maximum absolute atomic E-state index is 13.0. The predicted molar refractivity (Wildman–Crippen MR) is 130 cm³/mol. The van der Waals surface area contributed by atoms with Crippen LogP contribution in [0.5, 0.6) is 0 Å². The molecule has 0 aromatic heterocycles. The van der Waals surface area contributed by atoms with Crippen LogP contribution in [0.3, 0.4) is 0 Å². The van der Waals surface area contributed by atoms with Gasteiger partial charge in [-0.1, -0.05) is 48.9 Å². The van der Waals surface area contributed by atoms with Crippen molar-refractivity contribution in [3.8, 4) is 0 Å². The summed E-state index contributed by atoms with van der Waals surface area (Å²) < 4.78 is 27.7. The fraction of sp³-hybridized carbons (Fsp3) is 0.167. The number of carbonyl (C=O) groups excluding carboxylic acids is 2. The van der Waals surface area contributed by atoms with Gasteiger partial charge in [0.25, 0.3) is 21.8 Å². The highest BCUT2D eigenvalue weighted by molar-refractivity contribution is 7.92. The highest BCUT2D eigenvalue weighted by Gasteiger charge is 2.19.